The fraction of sp³-hybridized carbons (Fsp3) is 0.366. The van der Waals surface area contributed by atoms with Crippen molar-refractivity contribution in [3.05, 3.63) is 88.7 Å². The molecule has 3 heterocycles. The monoisotopic (exact) mass is 893 g/mol. The van der Waals surface area contributed by atoms with Crippen molar-refractivity contribution in [2.75, 3.05) is 26.7 Å². The Bertz CT molecular complexity index is 2300. The fourth-order valence-corrected chi connectivity index (χ4v) is 7.02. The summed E-state index contributed by atoms with van der Waals surface area (Å²) in [5.41, 5.74) is 6.89. The first-order valence-electron chi connectivity index (χ1n) is 19.6. The highest BCUT2D eigenvalue weighted by molar-refractivity contribution is 6.31. The summed E-state index contributed by atoms with van der Waals surface area (Å²) >= 11 is 6.14. The molecule has 1 fully saturated rings. The van der Waals surface area contributed by atoms with E-state index in [1.54, 1.807) is 48.5 Å². The van der Waals surface area contributed by atoms with Gasteiger partial charge in [0.2, 0.25) is 35.4 Å². The summed E-state index contributed by atoms with van der Waals surface area (Å²) in [7, 11) is 1.24. The van der Waals surface area contributed by atoms with Crippen LogP contribution in [0.15, 0.2) is 72.6 Å². The van der Waals surface area contributed by atoms with Crippen LogP contribution in [0.2, 0.25) is 5.02 Å². The number of aromatic nitrogens is 1. The molecule has 1 saturated heterocycles. The lowest BCUT2D eigenvalue weighted by Gasteiger charge is -2.31. The quantitative estimate of drug-likeness (QED) is 0.115. The lowest BCUT2D eigenvalue weighted by atomic mass is 9.96. The van der Waals surface area contributed by atoms with Gasteiger partial charge in [-0.2, -0.15) is 0 Å². The number of nitrogens with two attached hydrogens (primary N) is 1. The number of hydrogen-bond acceptors (Lipinski definition) is 12. The zero-order valence-corrected chi connectivity index (χ0v) is 34.6. The number of carbonyl (C=O) groups excluding carboxylic acids is 8. The van der Waals surface area contributed by atoms with Gasteiger partial charge in [-0.1, -0.05) is 60.2 Å². The summed E-state index contributed by atoms with van der Waals surface area (Å²) in [6, 6.07) is 8.15. The molecule has 21 nitrogen and oxygen atoms in total. The SMILES string of the molecule is CN1CC(=O)N[C@H](Cc2cn(C(N)=O)c3cc(Cl)ccc23)C(=O)NCC(=O)NC[C@H](O)CC(=O)N[C@H]([C@H](O)[C@@H](O)C/C=C/c2ccccc2)[C@H](O)C(=O)N[C@@H]2CC(=O)N/C2=C\C1=O. The number of nitrogens with one attached hydrogen (secondary N) is 6. The summed E-state index contributed by atoms with van der Waals surface area (Å²) in [6.45, 7) is -1.85. The summed E-state index contributed by atoms with van der Waals surface area (Å²) in [5, 5.41) is 59.0. The van der Waals surface area contributed by atoms with Crippen LogP contribution < -0.4 is 37.6 Å². The van der Waals surface area contributed by atoms with Crippen LogP contribution in [0.25, 0.3) is 17.0 Å². The van der Waals surface area contributed by atoms with Gasteiger partial charge in [-0.15, -0.1) is 0 Å². The van der Waals surface area contributed by atoms with Gasteiger partial charge in [-0.25, -0.2) is 4.79 Å². The van der Waals surface area contributed by atoms with Gasteiger partial charge in [-0.3, -0.25) is 38.1 Å². The third kappa shape index (κ3) is 12.9. The summed E-state index contributed by atoms with van der Waals surface area (Å²) in [5.74, 6) is -6.25. The van der Waals surface area contributed by atoms with Gasteiger partial charge < -0.3 is 63.0 Å². The molecular formula is C41H48ClN9O12. The molecule has 0 radical (unpaired) electrons. The molecule has 336 valence electrons. The Morgan fingerprint density at radius 1 is 0.905 bits per heavy atom. The molecule has 2 aliphatic rings. The van der Waals surface area contributed by atoms with Crippen molar-refractivity contribution in [1.29, 1.82) is 0 Å². The van der Waals surface area contributed by atoms with Crippen molar-refractivity contribution in [3.63, 3.8) is 0 Å². The average Bonchev–Trinajstić information content (AvgIpc) is 3.77. The number of fused-ring (bicyclic) bond motifs is 2. The number of aliphatic hydroxyl groups excluding tert-OH is 4. The van der Waals surface area contributed by atoms with E-state index in [0.29, 0.717) is 16.5 Å². The van der Waals surface area contributed by atoms with Crippen molar-refractivity contribution in [2.45, 2.75) is 68.2 Å². The van der Waals surface area contributed by atoms with E-state index < -0.39 is 122 Å². The van der Waals surface area contributed by atoms with Crippen LogP contribution in [-0.2, 0) is 40.0 Å². The Balaban J connectivity index is 1.39. The summed E-state index contributed by atoms with van der Waals surface area (Å²) < 4.78 is 1.10. The molecule has 2 aliphatic heterocycles. The third-order valence-corrected chi connectivity index (χ3v) is 10.4. The van der Waals surface area contributed by atoms with Gasteiger partial charge in [0.1, 0.15) is 12.1 Å². The van der Waals surface area contributed by atoms with Gasteiger partial charge in [0.05, 0.1) is 55.7 Å². The van der Waals surface area contributed by atoms with Crippen molar-refractivity contribution in [3.8, 4) is 0 Å². The molecule has 1 aromatic heterocycles. The predicted octanol–water partition coefficient (Wildman–Crippen LogP) is -2.74. The molecule has 22 heteroatoms. The van der Waals surface area contributed by atoms with E-state index >= 15 is 0 Å². The zero-order valence-electron chi connectivity index (χ0n) is 33.8. The van der Waals surface area contributed by atoms with Gasteiger partial charge in [0.25, 0.3) is 5.91 Å². The number of aliphatic hydroxyl groups is 4. The molecular weight excluding hydrogens is 846 g/mol. The Labute approximate surface area is 364 Å². The second-order valence-corrected chi connectivity index (χ2v) is 15.4. The molecule has 0 spiro atoms. The Morgan fingerprint density at radius 2 is 1.63 bits per heavy atom. The molecule has 8 amide bonds. The number of halogens is 1. The molecule has 63 heavy (non-hydrogen) atoms. The Kier molecular flexibility index (Phi) is 16.1. The lowest BCUT2D eigenvalue weighted by Crippen LogP contribution is -2.60. The lowest BCUT2D eigenvalue weighted by molar-refractivity contribution is -0.138. The molecule has 2 aromatic carbocycles. The van der Waals surface area contributed by atoms with E-state index in [4.69, 9.17) is 17.3 Å². The number of likely N-dealkylation sites (N-methyl/N-ethyl adjacent to an activating group) is 1. The molecule has 12 N–H and O–H groups in total. The van der Waals surface area contributed by atoms with E-state index in [-0.39, 0.29) is 23.6 Å². The van der Waals surface area contributed by atoms with Crippen LogP contribution in [0.1, 0.15) is 30.4 Å². The number of nitrogens with zero attached hydrogens (tertiary/aromatic N) is 2. The number of β-amino-alcohol motifs (C(OH)–C–C–N with tert-alkyl or cyclic N) is 1. The normalized spacial score (nSPS) is 24.5. The van der Waals surface area contributed by atoms with E-state index in [1.165, 1.54) is 25.4 Å². The molecule has 0 unspecified atom stereocenters. The van der Waals surface area contributed by atoms with E-state index in [9.17, 15) is 58.8 Å². The van der Waals surface area contributed by atoms with Crippen LogP contribution in [0.3, 0.4) is 0 Å². The first kappa shape index (κ1) is 47.4. The van der Waals surface area contributed by atoms with Crippen LogP contribution in [0.4, 0.5) is 4.79 Å². The molecule has 0 aliphatic carbocycles. The number of primary amides is 1. The van der Waals surface area contributed by atoms with Crippen molar-refractivity contribution >= 4 is 76.0 Å². The van der Waals surface area contributed by atoms with E-state index in [0.717, 1.165) is 21.1 Å². The van der Waals surface area contributed by atoms with E-state index in [2.05, 4.69) is 31.9 Å². The van der Waals surface area contributed by atoms with Gasteiger partial charge in [0.15, 0.2) is 6.10 Å². The Morgan fingerprint density at radius 3 is 2.35 bits per heavy atom. The van der Waals surface area contributed by atoms with E-state index in [1.807, 2.05) is 0 Å². The maximum absolute atomic E-state index is 13.6. The smallest absolute Gasteiger partial charge is 0.323 e. The maximum atomic E-state index is 13.6. The minimum atomic E-state index is -2.27. The number of hydrogen-bond donors (Lipinski definition) is 11. The van der Waals surface area contributed by atoms with Crippen molar-refractivity contribution in [2.24, 2.45) is 5.73 Å². The standard InChI is InChI=1S/C41H48ClN9O12/c1-50-20-34(57)47-28(12-22-19-51(41(43)63)29-13-23(42)10-11-25(22)29)39(61)45-18-33(56)44-17-24(52)14-31(54)49-36(37(59)30(53)9-5-8-21-6-3-2-4-7-21)38(60)40(62)48-26-15-32(55)46-27(26)16-35(50)58/h2-8,10-11,13,16,19,24,26,28,30,36-38,52-53,59-60H,9,12,14-15,17-18,20H2,1H3,(H2,43,63)(H,44,56)(H,45,61)(H,46,55)(H,47,57)(H,48,62)(H,49,54)/b8-5+,27-16-/t24-,26-,28-,30+,36-,37-,38+/m1/s1. The average molecular weight is 894 g/mol. The number of carbonyl (C=O) groups is 8. The molecule has 7 atom stereocenters. The zero-order chi connectivity index (χ0) is 46.0. The number of amides is 8. The highest BCUT2D eigenvalue weighted by Gasteiger charge is 2.39. The molecule has 3 aromatic rings. The maximum Gasteiger partial charge on any atom is 0.323 e. The fourth-order valence-electron chi connectivity index (χ4n) is 6.85. The summed E-state index contributed by atoms with van der Waals surface area (Å²) in [4.78, 5) is 105. The number of benzene rings is 2. The Hall–Kier alpha value is -6.65. The van der Waals surface area contributed by atoms with Crippen molar-refractivity contribution < 1.29 is 58.8 Å². The highest BCUT2D eigenvalue weighted by Crippen LogP contribution is 2.26. The predicted molar refractivity (Wildman–Crippen MR) is 225 cm³/mol. The second-order valence-electron chi connectivity index (χ2n) is 15.0. The summed E-state index contributed by atoms with van der Waals surface area (Å²) in [6.07, 6.45) is -3.59. The van der Waals surface area contributed by atoms with Gasteiger partial charge in [-0.05, 0) is 29.7 Å². The number of rotatable bonds is 7. The largest absolute Gasteiger partial charge is 0.391 e. The van der Waals surface area contributed by atoms with Crippen LogP contribution in [0.5, 0.6) is 0 Å². The highest BCUT2D eigenvalue weighted by atomic mass is 35.5. The molecule has 5 rings (SSSR count). The van der Waals surface area contributed by atoms with Crippen LogP contribution in [0, 0.1) is 0 Å². The minimum Gasteiger partial charge on any atom is -0.391 e. The second kappa shape index (κ2) is 21.4. The minimum absolute atomic E-state index is 0.132. The van der Waals surface area contributed by atoms with Crippen LogP contribution >= 0.6 is 11.6 Å². The first-order valence-corrected chi connectivity index (χ1v) is 20.0. The molecule has 0 bridgehead atoms. The van der Waals surface area contributed by atoms with Crippen molar-refractivity contribution in [1.82, 2.24) is 41.4 Å². The third-order valence-electron chi connectivity index (χ3n) is 10.1. The van der Waals surface area contributed by atoms with Gasteiger partial charge in [0, 0.05) is 48.4 Å². The topological polar surface area (TPSA) is 324 Å². The molecule has 0 saturated carbocycles. The van der Waals surface area contributed by atoms with Gasteiger partial charge >= 0.3 is 6.03 Å². The van der Waals surface area contributed by atoms with Crippen LogP contribution in [-0.4, -0.2) is 146 Å². The first-order chi connectivity index (χ1) is 29.9.